The lowest BCUT2D eigenvalue weighted by Gasteiger charge is -2.40. The number of fused-ring (bicyclic) bond motifs is 3. The van der Waals surface area contributed by atoms with Crippen LogP contribution in [0.1, 0.15) is 64.2 Å². The Balaban J connectivity index is 1.86. The molecule has 1 nitrogen and oxygen atoms in total. The zero-order chi connectivity index (χ0) is 10.6. The highest BCUT2D eigenvalue weighted by Gasteiger charge is 2.50. The van der Waals surface area contributed by atoms with Gasteiger partial charge >= 0.3 is 0 Å². The fourth-order valence-electron chi connectivity index (χ4n) is 4.98. The van der Waals surface area contributed by atoms with E-state index in [0.29, 0.717) is 5.41 Å². The van der Waals surface area contributed by atoms with E-state index in [1.54, 1.807) is 5.71 Å². The first-order chi connectivity index (χ1) is 7.90. The lowest BCUT2D eigenvalue weighted by molar-refractivity contribution is 0.266. The number of hydrogen-bond acceptors (Lipinski definition) is 1. The molecule has 0 aromatic rings. The predicted octanol–water partition coefficient (Wildman–Crippen LogP) is 4.24. The zero-order valence-corrected chi connectivity index (χ0v) is 10.1. The van der Waals surface area contributed by atoms with Crippen LogP contribution in [-0.4, -0.2) is 5.71 Å². The van der Waals surface area contributed by atoms with Gasteiger partial charge in [0, 0.05) is 22.7 Å². The molecule has 1 heteroatoms. The van der Waals surface area contributed by atoms with E-state index in [-0.39, 0.29) is 0 Å². The van der Waals surface area contributed by atoms with Crippen molar-refractivity contribution >= 4 is 5.71 Å². The van der Waals surface area contributed by atoms with Crippen LogP contribution in [0, 0.1) is 11.3 Å². The average Bonchev–Trinajstić information content (AvgIpc) is 2.96. The van der Waals surface area contributed by atoms with Crippen LogP contribution < -0.4 is 0 Å². The summed E-state index contributed by atoms with van der Waals surface area (Å²) in [5.41, 5.74) is 5.58. The normalized spacial score (nSPS) is 35.5. The van der Waals surface area contributed by atoms with Gasteiger partial charge in [0.05, 0.1) is 0 Å². The highest BCUT2D eigenvalue weighted by Crippen LogP contribution is 2.59. The van der Waals surface area contributed by atoms with E-state index in [4.69, 9.17) is 4.99 Å². The molecule has 0 amide bonds. The molecule has 1 spiro atoms. The standard InChI is InChI=1S/C15H21N/c1-2-10-15(9-1)11-5-3-7-13(11)16-14-8-4-6-12(14)15/h11H,1-10H2. The molecule has 0 aromatic carbocycles. The fourth-order valence-corrected chi connectivity index (χ4v) is 4.98. The van der Waals surface area contributed by atoms with E-state index in [2.05, 4.69) is 0 Å². The summed E-state index contributed by atoms with van der Waals surface area (Å²) in [5.74, 6) is 0.867. The first kappa shape index (κ1) is 9.44. The van der Waals surface area contributed by atoms with Crippen LogP contribution in [0.5, 0.6) is 0 Å². The molecule has 2 saturated carbocycles. The van der Waals surface area contributed by atoms with Crippen molar-refractivity contribution in [1.29, 1.82) is 0 Å². The Hall–Kier alpha value is -0.590. The summed E-state index contributed by atoms with van der Waals surface area (Å²) in [4.78, 5) is 5.02. The Morgan fingerprint density at radius 3 is 2.69 bits per heavy atom. The van der Waals surface area contributed by atoms with Crippen molar-refractivity contribution in [3.05, 3.63) is 11.3 Å². The van der Waals surface area contributed by atoms with Crippen LogP contribution in [0.2, 0.25) is 0 Å². The molecule has 0 radical (unpaired) electrons. The Kier molecular flexibility index (Phi) is 1.89. The number of allylic oxidation sites excluding steroid dienone is 2. The minimum absolute atomic E-state index is 0.624. The SMILES string of the molecule is C1CC2=C(C1)C1(CCCC1)C1CCCC1=N2. The molecule has 2 fully saturated rings. The van der Waals surface area contributed by atoms with Crippen LogP contribution >= 0.6 is 0 Å². The monoisotopic (exact) mass is 215 g/mol. The second-order valence-corrected chi connectivity index (χ2v) is 6.19. The molecular formula is C15H21N. The van der Waals surface area contributed by atoms with Gasteiger partial charge in [0.15, 0.2) is 0 Å². The van der Waals surface area contributed by atoms with Gasteiger partial charge in [-0.15, -0.1) is 0 Å². The summed E-state index contributed by atoms with van der Waals surface area (Å²) in [6, 6.07) is 0. The van der Waals surface area contributed by atoms with Crippen molar-refractivity contribution in [3.63, 3.8) is 0 Å². The van der Waals surface area contributed by atoms with Gasteiger partial charge in [-0.2, -0.15) is 0 Å². The number of hydrogen-bond donors (Lipinski definition) is 0. The third-order valence-electron chi connectivity index (χ3n) is 5.56. The summed E-state index contributed by atoms with van der Waals surface area (Å²) in [5, 5.41) is 0. The molecule has 0 saturated heterocycles. The summed E-state index contributed by atoms with van der Waals surface area (Å²) in [6.07, 6.45) is 14.1. The third kappa shape index (κ3) is 1.05. The van der Waals surface area contributed by atoms with Crippen LogP contribution in [0.4, 0.5) is 0 Å². The number of aliphatic imine (C=N–C) groups is 1. The van der Waals surface area contributed by atoms with Crippen molar-refractivity contribution in [2.24, 2.45) is 16.3 Å². The Labute approximate surface area is 98.0 Å². The van der Waals surface area contributed by atoms with Gasteiger partial charge in [-0.05, 0) is 56.9 Å². The second kappa shape index (κ2) is 3.21. The third-order valence-corrected chi connectivity index (χ3v) is 5.56. The highest BCUT2D eigenvalue weighted by molar-refractivity contribution is 5.91. The van der Waals surface area contributed by atoms with Gasteiger partial charge in [-0.1, -0.05) is 12.8 Å². The summed E-state index contributed by atoms with van der Waals surface area (Å²) >= 11 is 0. The maximum absolute atomic E-state index is 5.02. The number of rotatable bonds is 0. The van der Waals surface area contributed by atoms with E-state index in [9.17, 15) is 0 Å². The van der Waals surface area contributed by atoms with E-state index in [1.807, 2.05) is 5.57 Å². The highest BCUT2D eigenvalue weighted by atomic mass is 14.8. The molecule has 0 N–H and O–H groups in total. The van der Waals surface area contributed by atoms with Crippen LogP contribution in [0.3, 0.4) is 0 Å². The van der Waals surface area contributed by atoms with Gasteiger partial charge in [0.2, 0.25) is 0 Å². The molecule has 3 aliphatic carbocycles. The van der Waals surface area contributed by atoms with Gasteiger partial charge < -0.3 is 0 Å². The van der Waals surface area contributed by atoms with E-state index < -0.39 is 0 Å². The van der Waals surface area contributed by atoms with Gasteiger partial charge in [-0.25, -0.2) is 0 Å². The van der Waals surface area contributed by atoms with Gasteiger partial charge in [0.25, 0.3) is 0 Å². The Bertz CT molecular complexity index is 382. The molecule has 4 aliphatic rings. The van der Waals surface area contributed by atoms with Gasteiger partial charge in [-0.3, -0.25) is 4.99 Å². The lowest BCUT2D eigenvalue weighted by atomic mass is 9.65. The van der Waals surface area contributed by atoms with Crippen LogP contribution in [0.15, 0.2) is 16.3 Å². The van der Waals surface area contributed by atoms with Crippen molar-refractivity contribution in [3.8, 4) is 0 Å². The van der Waals surface area contributed by atoms with E-state index in [1.165, 1.54) is 69.9 Å². The first-order valence-corrected chi connectivity index (χ1v) is 7.20. The molecule has 1 atom stereocenters. The quantitative estimate of drug-likeness (QED) is 0.573. The van der Waals surface area contributed by atoms with Crippen LogP contribution in [0.25, 0.3) is 0 Å². The largest absolute Gasteiger partial charge is 0.262 e. The predicted molar refractivity (Wildman–Crippen MR) is 66.6 cm³/mol. The van der Waals surface area contributed by atoms with Crippen molar-refractivity contribution < 1.29 is 0 Å². The Morgan fingerprint density at radius 1 is 0.938 bits per heavy atom. The fraction of sp³-hybridized carbons (Fsp3) is 0.800. The summed E-state index contributed by atoms with van der Waals surface area (Å²) in [6.45, 7) is 0. The average molecular weight is 215 g/mol. The topological polar surface area (TPSA) is 12.4 Å². The minimum atomic E-state index is 0.624. The number of nitrogens with zero attached hydrogens (tertiary/aromatic N) is 1. The molecule has 1 aliphatic heterocycles. The zero-order valence-electron chi connectivity index (χ0n) is 10.1. The first-order valence-electron chi connectivity index (χ1n) is 7.20. The van der Waals surface area contributed by atoms with Gasteiger partial charge in [0.1, 0.15) is 0 Å². The summed E-state index contributed by atoms with van der Waals surface area (Å²) in [7, 11) is 0. The van der Waals surface area contributed by atoms with Crippen molar-refractivity contribution in [2.75, 3.05) is 0 Å². The molecule has 0 bridgehead atoms. The smallest absolute Gasteiger partial charge is 0.0401 e. The minimum Gasteiger partial charge on any atom is -0.262 e. The molecule has 0 aromatic heterocycles. The summed E-state index contributed by atoms with van der Waals surface area (Å²) < 4.78 is 0. The molecule has 4 rings (SSSR count). The lowest BCUT2D eigenvalue weighted by Crippen LogP contribution is -2.35. The van der Waals surface area contributed by atoms with E-state index >= 15 is 0 Å². The maximum atomic E-state index is 5.02. The molecule has 86 valence electrons. The molecule has 1 unspecified atom stereocenters. The second-order valence-electron chi connectivity index (χ2n) is 6.19. The van der Waals surface area contributed by atoms with E-state index in [0.717, 1.165) is 5.92 Å². The van der Waals surface area contributed by atoms with Crippen molar-refractivity contribution in [1.82, 2.24) is 0 Å². The molecule has 1 heterocycles. The van der Waals surface area contributed by atoms with Crippen LogP contribution in [-0.2, 0) is 0 Å². The Morgan fingerprint density at radius 2 is 1.81 bits per heavy atom. The maximum Gasteiger partial charge on any atom is 0.0401 e. The molecular weight excluding hydrogens is 194 g/mol. The van der Waals surface area contributed by atoms with Crippen molar-refractivity contribution in [2.45, 2.75) is 64.2 Å². The molecule has 16 heavy (non-hydrogen) atoms.